The summed E-state index contributed by atoms with van der Waals surface area (Å²) >= 11 is 0. The van der Waals surface area contributed by atoms with Crippen LogP contribution in [0.4, 0.5) is 0 Å². The van der Waals surface area contributed by atoms with Gasteiger partial charge in [-0.2, -0.15) is 0 Å². The van der Waals surface area contributed by atoms with E-state index >= 15 is 0 Å². The van der Waals surface area contributed by atoms with Crippen LogP contribution in [0.3, 0.4) is 0 Å². The maximum atomic E-state index is 11.6. The first-order valence-corrected chi connectivity index (χ1v) is 5.88. The Morgan fingerprint density at radius 3 is 3.00 bits per heavy atom. The molecule has 0 amide bonds. The molecule has 1 aromatic rings. The molecule has 1 unspecified atom stereocenters. The third-order valence-corrected chi connectivity index (χ3v) is 3.77. The maximum absolute atomic E-state index is 11.6. The number of piperidine rings is 1. The highest BCUT2D eigenvalue weighted by molar-refractivity contribution is 4.99. The lowest BCUT2D eigenvalue weighted by atomic mass is 9.70. The summed E-state index contributed by atoms with van der Waals surface area (Å²) in [5.41, 5.74) is -1.28. The van der Waals surface area contributed by atoms with Crippen molar-refractivity contribution in [3.63, 3.8) is 0 Å². The van der Waals surface area contributed by atoms with E-state index in [2.05, 4.69) is 10.3 Å². The second-order valence-electron chi connectivity index (χ2n) is 5.38. The standard InChI is InChI=1S/C12H19N3O2/c1-11(2)8-14-4-3-12(11,17)9-15-6-5-13-7-10(15)16/h5-7,14,17H,3-4,8-9H2,1-2H3. The van der Waals surface area contributed by atoms with E-state index in [4.69, 9.17) is 0 Å². The Bertz CT molecular complexity index is 455. The summed E-state index contributed by atoms with van der Waals surface area (Å²) in [7, 11) is 0. The molecule has 1 aliphatic rings. The molecular formula is C12H19N3O2. The van der Waals surface area contributed by atoms with Gasteiger partial charge in [-0.15, -0.1) is 0 Å². The predicted octanol–water partition coefficient (Wildman–Crippen LogP) is -0.00610. The molecular weight excluding hydrogens is 218 g/mol. The number of aromatic nitrogens is 2. The molecule has 5 nitrogen and oxygen atoms in total. The third-order valence-electron chi connectivity index (χ3n) is 3.77. The third kappa shape index (κ3) is 2.25. The molecule has 94 valence electrons. The first-order chi connectivity index (χ1) is 7.95. The van der Waals surface area contributed by atoms with Crippen LogP contribution in [0.25, 0.3) is 0 Å². The van der Waals surface area contributed by atoms with Crippen molar-refractivity contribution in [2.24, 2.45) is 5.41 Å². The normalized spacial score (nSPS) is 27.9. The van der Waals surface area contributed by atoms with E-state index < -0.39 is 5.60 Å². The van der Waals surface area contributed by atoms with Crippen LogP contribution in [0.15, 0.2) is 23.4 Å². The topological polar surface area (TPSA) is 67.2 Å². The van der Waals surface area contributed by atoms with Gasteiger partial charge in [0.25, 0.3) is 5.56 Å². The van der Waals surface area contributed by atoms with E-state index in [0.29, 0.717) is 13.0 Å². The predicted molar refractivity (Wildman–Crippen MR) is 64.7 cm³/mol. The van der Waals surface area contributed by atoms with Crippen LogP contribution < -0.4 is 10.9 Å². The van der Waals surface area contributed by atoms with Gasteiger partial charge >= 0.3 is 0 Å². The lowest BCUT2D eigenvalue weighted by Crippen LogP contribution is -2.58. The molecule has 17 heavy (non-hydrogen) atoms. The van der Waals surface area contributed by atoms with E-state index in [1.54, 1.807) is 12.4 Å². The van der Waals surface area contributed by atoms with Crippen LogP contribution in [0.1, 0.15) is 20.3 Å². The van der Waals surface area contributed by atoms with E-state index in [0.717, 1.165) is 13.1 Å². The van der Waals surface area contributed by atoms with Gasteiger partial charge in [0.05, 0.1) is 18.3 Å². The van der Waals surface area contributed by atoms with Crippen molar-refractivity contribution in [1.29, 1.82) is 0 Å². The molecule has 0 bridgehead atoms. The van der Waals surface area contributed by atoms with Crippen molar-refractivity contribution in [3.05, 3.63) is 28.9 Å². The van der Waals surface area contributed by atoms with Crippen LogP contribution in [-0.2, 0) is 6.54 Å². The fraction of sp³-hybridized carbons (Fsp3) is 0.667. The van der Waals surface area contributed by atoms with Crippen LogP contribution >= 0.6 is 0 Å². The molecule has 1 atom stereocenters. The molecule has 1 saturated heterocycles. The van der Waals surface area contributed by atoms with Crippen LogP contribution in [0.2, 0.25) is 0 Å². The van der Waals surface area contributed by atoms with Crippen molar-refractivity contribution in [3.8, 4) is 0 Å². The summed E-state index contributed by atoms with van der Waals surface area (Å²) in [6, 6.07) is 0. The molecule has 0 saturated carbocycles. The monoisotopic (exact) mass is 237 g/mol. The second kappa shape index (κ2) is 4.23. The zero-order valence-electron chi connectivity index (χ0n) is 10.3. The number of rotatable bonds is 2. The Balaban J connectivity index is 2.28. The number of hydrogen-bond donors (Lipinski definition) is 2. The first-order valence-electron chi connectivity index (χ1n) is 5.88. The fourth-order valence-electron chi connectivity index (χ4n) is 2.28. The molecule has 2 heterocycles. The lowest BCUT2D eigenvalue weighted by molar-refractivity contribution is -0.0998. The van der Waals surface area contributed by atoms with Gasteiger partial charge in [-0.1, -0.05) is 13.8 Å². The van der Waals surface area contributed by atoms with Crippen molar-refractivity contribution >= 4 is 0 Å². The van der Waals surface area contributed by atoms with Gasteiger partial charge < -0.3 is 15.0 Å². The Hall–Kier alpha value is -1.20. The molecule has 0 radical (unpaired) electrons. The van der Waals surface area contributed by atoms with Crippen molar-refractivity contribution < 1.29 is 5.11 Å². The molecule has 0 aliphatic carbocycles. The van der Waals surface area contributed by atoms with Gasteiger partial charge in [-0.05, 0) is 13.0 Å². The Kier molecular flexibility index (Phi) is 3.05. The zero-order chi connectivity index (χ0) is 12.5. The summed E-state index contributed by atoms with van der Waals surface area (Å²) in [6.07, 6.45) is 5.11. The highest BCUT2D eigenvalue weighted by Gasteiger charge is 2.45. The molecule has 2 rings (SSSR count). The average molecular weight is 237 g/mol. The Labute approximate surface area is 100 Å². The summed E-state index contributed by atoms with van der Waals surface area (Å²) < 4.78 is 1.53. The van der Waals surface area contributed by atoms with Crippen LogP contribution in [-0.4, -0.2) is 33.3 Å². The number of hydrogen-bond acceptors (Lipinski definition) is 4. The van der Waals surface area contributed by atoms with Crippen molar-refractivity contribution in [2.75, 3.05) is 13.1 Å². The van der Waals surface area contributed by atoms with Gasteiger partial charge in [0.15, 0.2) is 0 Å². The quantitative estimate of drug-likeness (QED) is 0.759. The molecule has 0 aromatic carbocycles. The van der Waals surface area contributed by atoms with Crippen LogP contribution in [0, 0.1) is 5.41 Å². The van der Waals surface area contributed by atoms with Crippen molar-refractivity contribution in [2.45, 2.75) is 32.4 Å². The molecule has 0 spiro atoms. The summed E-state index contributed by atoms with van der Waals surface area (Å²) in [5, 5.41) is 14.0. The maximum Gasteiger partial charge on any atom is 0.269 e. The van der Waals surface area contributed by atoms with Crippen LogP contribution in [0.5, 0.6) is 0 Å². The SMILES string of the molecule is CC1(C)CNCCC1(O)Cn1ccncc1=O. The van der Waals surface area contributed by atoms with Gasteiger partial charge in [-0.25, -0.2) is 0 Å². The van der Waals surface area contributed by atoms with E-state index in [1.165, 1.54) is 10.8 Å². The number of aliphatic hydroxyl groups is 1. The Morgan fingerprint density at radius 1 is 1.59 bits per heavy atom. The molecule has 1 aromatic heterocycles. The highest BCUT2D eigenvalue weighted by atomic mass is 16.3. The summed E-state index contributed by atoms with van der Waals surface area (Å²) in [4.78, 5) is 15.4. The average Bonchev–Trinajstić information content (AvgIpc) is 2.26. The molecule has 1 fully saturated rings. The summed E-state index contributed by atoms with van der Waals surface area (Å²) in [5.74, 6) is 0. The second-order valence-corrected chi connectivity index (χ2v) is 5.38. The van der Waals surface area contributed by atoms with Gasteiger partial charge in [-0.3, -0.25) is 9.78 Å². The first kappa shape index (κ1) is 12.3. The minimum absolute atomic E-state index is 0.171. The fourth-order valence-corrected chi connectivity index (χ4v) is 2.28. The minimum atomic E-state index is -0.858. The highest BCUT2D eigenvalue weighted by Crippen LogP contribution is 2.36. The molecule has 2 N–H and O–H groups in total. The van der Waals surface area contributed by atoms with Crippen molar-refractivity contribution in [1.82, 2.24) is 14.9 Å². The van der Waals surface area contributed by atoms with E-state index in [-0.39, 0.29) is 11.0 Å². The largest absolute Gasteiger partial charge is 0.387 e. The van der Waals surface area contributed by atoms with E-state index in [9.17, 15) is 9.90 Å². The minimum Gasteiger partial charge on any atom is -0.387 e. The number of nitrogens with zero attached hydrogens (tertiary/aromatic N) is 2. The van der Waals surface area contributed by atoms with Gasteiger partial charge in [0.1, 0.15) is 0 Å². The smallest absolute Gasteiger partial charge is 0.269 e. The zero-order valence-corrected chi connectivity index (χ0v) is 10.3. The summed E-state index contributed by atoms with van der Waals surface area (Å²) in [6.45, 7) is 5.89. The van der Waals surface area contributed by atoms with Gasteiger partial charge in [0, 0.05) is 24.4 Å². The lowest BCUT2D eigenvalue weighted by Gasteiger charge is -2.46. The molecule has 5 heteroatoms. The van der Waals surface area contributed by atoms with Gasteiger partial charge in [0.2, 0.25) is 0 Å². The Morgan fingerprint density at radius 2 is 2.35 bits per heavy atom. The number of nitrogens with one attached hydrogen (secondary N) is 1. The molecule has 1 aliphatic heterocycles. The van der Waals surface area contributed by atoms with E-state index in [1.807, 2.05) is 13.8 Å².